The minimum Gasteiger partial charge on any atom is -0.380 e. The van der Waals surface area contributed by atoms with Crippen molar-refractivity contribution in [1.82, 2.24) is 5.43 Å². The van der Waals surface area contributed by atoms with Crippen molar-refractivity contribution in [2.75, 3.05) is 12.4 Å². The van der Waals surface area contributed by atoms with E-state index in [-0.39, 0.29) is 0 Å². The lowest BCUT2D eigenvalue weighted by atomic mass is 10.2. The summed E-state index contributed by atoms with van der Waals surface area (Å²) < 4.78 is 5.19. The lowest BCUT2D eigenvalue weighted by molar-refractivity contribution is 0.185. The molecule has 0 saturated heterocycles. The maximum absolute atomic E-state index is 5.55. The number of para-hydroxylation sites is 1. The van der Waals surface area contributed by atoms with Gasteiger partial charge in [0, 0.05) is 18.4 Å². The normalized spacial score (nSPS) is 16.6. The van der Waals surface area contributed by atoms with Crippen LogP contribution < -0.4 is 16.6 Å². The van der Waals surface area contributed by atoms with E-state index in [1.807, 2.05) is 24.3 Å². The van der Waals surface area contributed by atoms with E-state index < -0.39 is 0 Å². The zero-order chi connectivity index (χ0) is 13.5. The van der Waals surface area contributed by atoms with Crippen LogP contribution in [0, 0.1) is 0 Å². The van der Waals surface area contributed by atoms with Gasteiger partial charge < -0.3 is 10.1 Å². The number of hydrogen-bond acceptors (Lipinski definition) is 3. The number of aliphatic imine (C=N–C) groups is 1. The Labute approximate surface area is 114 Å². The van der Waals surface area contributed by atoms with Crippen LogP contribution in [0.15, 0.2) is 29.3 Å². The van der Waals surface area contributed by atoms with Gasteiger partial charge in [-0.15, -0.1) is 0 Å². The fraction of sp³-hybridized carbons (Fsp3) is 0.500. The molecule has 19 heavy (non-hydrogen) atoms. The molecule has 1 aliphatic carbocycles. The van der Waals surface area contributed by atoms with Crippen LogP contribution in [0.4, 0.5) is 5.69 Å². The van der Waals surface area contributed by atoms with Crippen molar-refractivity contribution in [1.29, 1.82) is 0 Å². The Morgan fingerprint density at radius 3 is 2.79 bits per heavy atom. The number of anilines is 1. The minimum atomic E-state index is 0.383. The van der Waals surface area contributed by atoms with Gasteiger partial charge >= 0.3 is 0 Å². The monoisotopic (exact) mass is 262 g/mol. The van der Waals surface area contributed by atoms with Gasteiger partial charge in [-0.2, -0.15) is 0 Å². The van der Waals surface area contributed by atoms with Crippen LogP contribution in [-0.4, -0.2) is 19.1 Å². The number of rotatable bonds is 4. The lowest BCUT2D eigenvalue weighted by Crippen LogP contribution is -2.37. The molecule has 0 amide bonds. The van der Waals surface area contributed by atoms with E-state index >= 15 is 0 Å². The SMILES string of the molecule is COCc1ccccc1NC(=NC1CCCC1)NN. The number of methoxy groups -OCH3 is 1. The molecule has 0 heterocycles. The third-order valence-corrected chi connectivity index (χ3v) is 3.34. The number of hydrazine groups is 1. The maximum atomic E-state index is 5.55. The van der Waals surface area contributed by atoms with Crippen LogP contribution >= 0.6 is 0 Å². The van der Waals surface area contributed by atoms with E-state index in [0.717, 1.165) is 24.1 Å². The van der Waals surface area contributed by atoms with Gasteiger partial charge in [-0.25, -0.2) is 10.8 Å². The molecule has 0 spiro atoms. The Morgan fingerprint density at radius 1 is 1.37 bits per heavy atom. The van der Waals surface area contributed by atoms with Crippen LogP contribution in [0.25, 0.3) is 0 Å². The highest BCUT2D eigenvalue weighted by molar-refractivity contribution is 5.94. The Bertz CT molecular complexity index is 427. The van der Waals surface area contributed by atoms with E-state index in [1.54, 1.807) is 7.11 Å². The van der Waals surface area contributed by atoms with E-state index in [1.165, 1.54) is 12.8 Å². The number of nitrogens with one attached hydrogen (secondary N) is 2. The van der Waals surface area contributed by atoms with Crippen LogP contribution in [0.1, 0.15) is 31.2 Å². The predicted octanol–water partition coefficient (Wildman–Crippen LogP) is 2.01. The van der Waals surface area contributed by atoms with Crippen molar-refractivity contribution in [3.63, 3.8) is 0 Å². The van der Waals surface area contributed by atoms with Crippen molar-refractivity contribution in [3.05, 3.63) is 29.8 Å². The molecule has 0 aromatic heterocycles. The minimum absolute atomic E-state index is 0.383. The molecule has 0 aliphatic heterocycles. The largest absolute Gasteiger partial charge is 0.380 e. The zero-order valence-corrected chi connectivity index (χ0v) is 11.4. The van der Waals surface area contributed by atoms with Crippen LogP contribution in [0.3, 0.4) is 0 Å². The van der Waals surface area contributed by atoms with Gasteiger partial charge in [0.1, 0.15) is 0 Å². The van der Waals surface area contributed by atoms with Crippen molar-refractivity contribution < 1.29 is 4.74 Å². The second kappa shape index (κ2) is 7.11. The van der Waals surface area contributed by atoms with E-state index in [9.17, 15) is 0 Å². The molecule has 4 N–H and O–H groups in total. The van der Waals surface area contributed by atoms with Crippen LogP contribution in [0.5, 0.6) is 0 Å². The van der Waals surface area contributed by atoms with Crippen molar-refractivity contribution in [2.24, 2.45) is 10.8 Å². The van der Waals surface area contributed by atoms with E-state index in [4.69, 9.17) is 10.6 Å². The first-order chi connectivity index (χ1) is 9.33. The Morgan fingerprint density at radius 2 is 2.11 bits per heavy atom. The van der Waals surface area contributed by atoms with Gasteiger partial charge in [0.25, 0.3) is 0 Å². The molecule has 5 heteroatoms. The summed E-state index contributed by atoms with van der Waals surface area (Å²) in [5.41, 5.74) is 4.70. The molecule has 1 fully saturated rings. The quantitative estimate of drug-likeness (QED) is 0.336. The maximum Gasteiger partial charge on any atom is 0.210 e. The summed E-state index contributed by atoms with van der Waals surface area (Å²) in [7, 11) is 1.69. The highest BCUT2D eigenvalue weighted by Gasteiger charge is 2.14. The molecule has 1 aromatic carbocycles. The molecule has 1 saturated carbocycles. The van der Waals surface area contributed by atoms with Crippen molar-refractivity contribution in [2.45, 2.75) is 38.3 Å². The number of hydrogen-bond donors (Lipinski definition) is 3. The average molecular weight is 262 g/mol. The summed E-state index contributed by atoms with van der Waals surface area (Å²) in [4.78, 5) is 4.62. The standard InChI is InChI=1S/C14H22N4O/c1-19-10-11-6-2-5-9-13(11)17-14(18-15)16-12-7-3-4-8-12/h2,5-6,9,12H,3-4,7-8,10,15H2,1H3,(H2,16,17,18). The first kappa shape index (κ1) is 13.8. The van der Waals surface area contributed by atoms with Gasteiger partial charge in [-0.05, 0) is 18.9 Å². The fourth-order valence-corrected chi connectivity index (χ4v) is 2.37. The molecule has 0 unspecified atom stereocenters. The summed E-state index contributed by atoms with van der Waals surface area (Å²) >= 11 is 0. The summed E-state index contributed by atoms with van der Waals surface area (Å²) in [5, 5.41) is 3.24. The van der Waals surface area contributed by atoms with Crippen LogP contribution in [0.2, 0.25) is 0 Å². The van der Waals surface area contributed by atoms with Crippen molar-refractivity contribution >= 4 is 11.6 Å². The highest BCUT2D eigenvalue weighted by Crippen LogP contribution is 2.21. The van der Waals surface area contributed by atoms with E-state index in [0.29, 0.717) is 18.6 Å². The second-order valence-electron chi connectivity index (χ2n) is 4.78. The summed E-state index contributed by atoms with van der Waals surface area (Å²) in [6, 6.07) is 8.37. The van der Waals surface area contributed by atoms with Gasteiger partial charge in [-0.1, -0.05) is 31.0 Å². The molecular weight excluding hydrogens is 240 g/mol. The average Bonchev–Trinajstić information content (AvgIpc) is 2.93. The highest BCUT2D eigenvalue weighted by atomic mass is 16.5. The number of benzene rings is 1. The third kappa shape index (κ3) is 3.94. The summed E-state index contributed by atoms with van der Waals surface area (Å²) in [6.45, 7) is 0.560. The van der Waals surface area contributed by atoms with Gasteiger partial charge in [0.05, 0.1) is 12.6 Å². The molecule has 0 atom stereocenters. The van der Waals surface area contributed by atoms with Crippen LogP contribution in [-0.2, 0) is 11.3 Å². The van der Waals surface area contributed by atoms with E-state index in [2.05, 4.69) is 15.7 Å². The smallest absolute Gasteiger partial charge is 0.210 e. The molecule has 1 aliphatic rings. The number of ether oxygens (including phenoxy) is 1. The Hall–Kier alpha value is -1.59. The summed E-state index contributed by atoms with van der Waals surface area (Å²) in [6.07, 6.45) is 4.80. The Kier molecular flexibility index (Phi) is 5.18. The fourth-order valence-electron chi connectivity index (χ4n) is 2.37. The number of nitrogens with two attached hydrogens (primary N) is 1. The van der Waals surface area contributed by atoms with Gasteiger partial charge in [0.15, 0.2) is 0 Å². The molecule has 5 nitrogen and oxygen atoms in total. The van der Waals surface area contributed by atoms with Crippen molar-refractivity contribution in [3.8, 4) is 0 Å². The molecule has 104 valence electrons. The molecule has 1 aromatic rings. The van der Waals surface area contributed by atoms with Gasteiger partial charge in [-0.3, -0.25) is 5.43 Å². The lowest BCUT2D eigenvalue weighted by Gasteiger charge is -2.14. The third-order valence-electron chi connectivity index (χ3n) is 3.34. The first-order valence-electron chi connectivity index (χ1n) is 6.71. The zero-order valence-electron chi connectivity index (χ0n) is 11.4. The second-order valence-corrected chi connectivity index (χ2v) is 4.78. The number of nitrogens with zero attached hydrogens (tertiary/aromatic N) is 1. The first-order valence-corrected chi connectivity index (χ1v) is 6.71. The number of guanidine groups is 1. The molecule has 0 radical (unpaired) electrons. The molecular formula is C14H22N4O. The predicted molar refractivity (Wildman–Crippen MR) is 77.8 cm³/mol. The topological polar surface area (TPSA) is 71.7 Å². The van der Waals surface area contributed by atoms with Gasteiger partial charge in [0.2, 0.25) is 5.96 Å². The summed E-state index contributed by atoms with van der Waals surface area (Å²) in [5.74, 6) is 6.17. The Balaban J connectivity index is 2.09. The molecule has 2 rings (SSSR count). The molecule has 0 bridgehead atoms.